The number of carbonyl (C=O) groups is 2. The van der Waals surface area contributed by atoms with Crippen LogP contribution in [0.2, 0.25) is 0 Å². The zero-order valence-corrected chi connectivity index (χ0v) is 12.2. The van der Waals surface area contributed by atoms with Gasteiger partial charge in [-0.1, -0.05) is 19.3 Å². The maximum absolute atomic E-state index is 11.9. The van der Waals surface area contributed by atoms with E-state index in [9.17, 15) is 9.59 Å². The number of hydrogen-bond donors (Lipinski definition) is 1. The van der Waals surface area contributed by atoms with E-state index in [1.165, 1.54) is 24.3 Å². The Hall–Kier alpha value is -1.43. The highest BCUT2D eigenvalue weighted by atomic mass is 16.5. The van der Waals surface area contributed by atoms with Gasteiger partial charge in [0.15, 0.2) is 0 Å². The number of carbonyl (C=O) groups excluding carboxylic acids is 1. The molecule has 0 radical (unpaired) electrons. The van der Waals surface area contributed by atoms with Gasteiger partial charge in [0.2, 0.25) is 5.91 Å². The lowest BCUT2D eigenvalue weighted by molar-refractivity contribution is -0.136. The van der Waals surface area contributed by atoms with Crippen molar-refractivity contribution >= 4 is 17.6 Å². The lowest BCUT2D eigenvalue weighted by Crippen LogP contribution is -2.40. The number of nitrogens with zero attached hydrogens (tertiary/aromatic N) is 2. The van der Waals surface area contributed by atoms with Crippen LogP contribution in [0.15, 0.2) is 5.10 Å². The summed E-state index contributed by atoms with van der Waals surface area (Å²) in [5.41, 5.74) is 0.0844. The molecule has 2 fully saturated rings. The molecule has 6 heteroatoms. The number of amides is 1. The number of carboxylic acids is 1. The van der Waals surface area contributed by atoms with E-state index in [0.717, 1.165) is 25.7 Å². The number of aliphatic carboxylic acids is 1. The molecule has 2 heterocycles. The molecule has 1 N–H and O–H groups in total. The number of rotatable bonds is 3. The molecular weight excluding hydrogens is 272 g/mol. The third-order valence-electron chi connectivity index (χ3n) is 4.83. The van der Waals surface area contributed by atoms with E-state index in [4.69, 9.17) is 9.84 Å². The minimum Gasteiger partial charge on any atom is -0.477 e. The van der Waals surface area contributed by atoms with E-state index < -0.39 is 5.97 Å². The van der Waals surface area contributed by atoms with E-state index in [-0.39, 0.29) is 36.2 Å². The summed E-state index contributed by atoms with van der Waals surface area (Å²) >= 11 is 0. The molecule has 3 rings (SSSR count). The van der Waals surface area contributed by atoms with Crippen molar-refractivity contribution in [2.75, 3.05) is 6.54 Å². The first kappa shape index (κ1) is 14.5. The zero-order valence-electron chi connectivity index (χ0n) is 12.2. The van der Waals surface area contributed by atoms with Crippen molar-refractivity contribution in [3.05, 3.63) is 0 Å². The van der Waals surface area contributed by atoms with Crippen LogP contribution in [0.4, 0.5) is 0 Å². The fourth-order valence-corrected chi connectivity index (χ4v) is 3.68. The Balaban J connectivity index is 1.62. The molecule has 1 spiro atoms. The first-order valence-corrected chi connectivity index (χ1v) is 7.87. The topological polar surface area (TPSA) is 79.2 Å². The molecule has 1 atom stereocenters. The fraction of sp³-hybridized carbons (Fsp3) is 0.800. The van der Waals surface area contributed by atoms with Gasteiger partial charge in [-0.05, 0) is 25.7 Å². The van der Waals surface area contributed by atoms with Gasteiger partial charge in [-0.25, -0.2) is 9.80 Å². The molecular formula is C15H22N2O4. The van der Waals surface area contributed by atoms with E-state index >= 15 is 0 Å². The molecule has 1 aliphatic carbocycles. The molecule has 0 aromatic rings. The summed E-state index contributed by atoms with van der Waals surface area (Å²) in [5.74, 6) is -1.14. The molecule has 6 nitrogen and oxygen atoms in total. The second kappa shape index (κ2) is 5.75. The molecule has 1 unspecified atom stereocenters. The van der Waals surface area contributed by atoms with E-state index in [0.29, 0.717) is 6.54 Å². The smallest absolute Gasteiger partial charge is 0.352 e. The summed E-state index contributed by atoms with van der Waals surface area (Å²) in [6.45, 7) is 0.386. The summed E-state index contributed by atoms with van der Waals surface area (Å²) in [7, 11) is 0. The Morgan fingerprint density at radius 2 is 2.05 bits per heavy atom. The van der Waals surface area contributed by atoms with Crippen LogP contribution >= 0.6 is 0 Å². The van der Waals surface area contributed by atoms with Crippen LogP contribution in [0.3, 0.4) is 0 Å². The van der Waals surface area contributed by atoms with E-state index in [1.54, 1.807) is 0 Å². The van der Waals surface area contributed by atoms with Crippen LogP contribution in [0.1, 0.15) is 57.8 Å². The predicted octanol–water partition coefficient (Wildman–Crippen LogP) is 1.93. The average molecular weight is 294 g/mol. The van der Waals surface area contributed by atoms with Gasteiger partial charge in [0.05, 0.1) is 18.2 Å². The van der Waals surface area contributed by atoms with Gasteiger partial charge in [-0.3, -0.25) is 4.79 Å². The lowest BCUT2D eigenvalue weighted by Gasteiger charge is -2.34. The van der Waals surface area contributed by atoms with Gasteiger partial charge < -0.3 is 9.84 Å². The van der Waals surface area contributed by atoms with E-state index in [1.807, 2.05) is 0 Å². The Kier molecular flexibility index (Phi) is 3.97. The number of hydrogen-bond acceptors (Lipinski definition) is 4. The molecule has 0 aromatic heterocycles. The molecule has 0 aromatic carbocycles. The van der Waals surface area contributed by atoms with Crippen molar-refractivity contribution in [1.82, 2.24) is 5.01 Å². The molecule has 2 aliphatic heterocycles. The second-order valence-corrected chi connectivity index (χ2v) is 6.35. The summed E-state index contributed by atoms with van der Waals surface area (Å²) in [6.07, 6.45) is 8.37. The normalized spacial score (nSPS) is 28.8. The number of ether oxygens (including phenoxy) is 1. The van der Waals surface area contributed by atoms with Crippen molar-refractivity contribution in [1.29, 1.82) is 0 Å². The maximum atomic E-state index is 11.9. The zero-order chi connectivity index (χ0) is 14.9. The number of carboxylic acid groups (broad SMARTS) is 1. The van der Waals surface area contributed by atoms with Gasteiger partial charge in [-0.15, -0.1) is 0 Å². The number of hydrazone groups is 1. The van der Waals surface area contributed by atoms with Gasteiger partial charge in [0, 0.05) is 12.8 Å². The highest BCUT2D eigenvalue weighted by Gasteiger charge is 2.41. The molecule has 21 heavy (non-hydrogen) atoms. The maximum Gasteiger partial charge on any atom is 0.352 e. The minimum absolute atomic E-state index is 0.0102. The monoisotopic (exact) mass is 294 g/mol. The Morgan fingerprint density at radius 1 is 1.29 bits per heavy atom. The standard InChI is InChI=1S/C15H22N2O4/c18-13-5-4-12(14(19)20)16-17(13)10-11-6-9-15(21-11)7-2-1-3-8-15/h11H,1-10H2,(H,19,20). The first-order chi connectivity index (χ1) is 10.1. The highest BCUT2D eigenvalue weighted by Crippen LogP contribution is 2.42. The van der Waals surface area contributed by atoms with E-state index in [2.05, 4.69) is 5.10 Å². The first-order valence-electron chi connectivity index (χ1n) is 7.87. The van der Waals surface area contributed by atoms with Crippen LogP contribution in [0.25, 0.3) is 0 Å². The quantitative estimate of drug-likeness (QED) is 0.862. The lowest BCUT2D eigenvalue weighted by atomic mass is 9.83. The van der Waals surface area contributed by atoms with Gasteiger partial charge in [0.25, 0.3) is 0 Å². The van der Waals surface area contributed by atoms with Crippen molar-refractivity contribution in [2.24, 2.45) is 5.10 Å². The molecule has 1 saturated heterocycles. The Labute approximate surface area is 124 Å². The van der Waals surface area contributed by atoms with Crippen molar-refractivity contribution in [3.8, 4) is 0 Å². The molecule has 0 bridgehead atoms. The van der Waals surface area contributed by atoms with Crippen molar-refractivity contribution in [3.63, 3.8) is 0 Å². The highest BCUT2D eigenvalue weighted by molar-refractivity contribution is 6.36. The van der Waals surface area contributed by atoms with Gasteiger partial charge >= 0.3 is 5.97 Å². The summed E-state index contributed by atoms with van der Waals surface area (Å²) in [5, 5.41) is 14.3. The van der Waals surface area contributed by atoms with Crippen molar-refractivity contribution < 1.29 is 19.4 Å². The molecule has 3 aliphatic rings. The van der Waals surface area contributed by atoms with Crippen LogP contribution in [-0.2, 0) is 14.3 Å². The largest absolute Gasteiger partial charge is 0.477 e. The van der Waals surface area contributed by atoms with Crippen molar-refractivity contribution in [2.45, 2.75) is 69.5 Å². The Morgan fingerprint density at radius 3 is 2.76 bits per heavy atom. The van der Waals surface area contributed by atoms with Crippen LogP contribution in [0, 0.1) is 0 Å². The van der Waals surface area contributed by atoms with Gasteiger partial charge in [-0.2, -0.15) is 5.10 Å². The fourth-order valence-electron chi connectivity index (χ4n) is 3.68. The summed E-state index contributed by atoms with van der Waals surface area (Å²) in [4.78, 5) is 22.9. The third-order valence-corrected chi connectivity index (χ3v) is 4.83. The summed E-state index contributed by atoms with van der Waals surface area (Å²) < 4.78 is 6.23. The van der Waals surface area contributed by atoms with Crippen LogP contribution in [0.5, 0.6) is 0 Å². The Bertz CT molecular complexity index is 468. The molecule has 116 valence electrons. The summed E-state index contributed by atoms with van der Waals surface area (Å²) in [6, 6.07) is 0. The SMILES string of the molecule is O=C(O)C1=NN(CC2CCC3(CCCCC3)O2)C(=O)CC1. The minimum atomic E-state index is -1.04. The third kappa shape index (κ3) is 3.10. The van der Waals surface area contributed by atoms with Crippen LogP contribution in [-0.4, -0.2) is 46.0 Å². The van der Waals surface area contributed by atoms with Gasteiger partial charge in [0.1, 0.15) is 5.71 Å². The predicted molar refractivity (Wildman–Crippen MR) is 75.9 cm³/mol. The molecule has 1 amide bonds. The van der Waals surface area contributed by atoms with Crippen LogP contribution < -0.4 is 0 Å². The average Bonchev–Trinajstić information content (AvgIpc) is 2.84. The second-order valence-electron chi connectivity index (χ2n) is 6.35. The molecule has 1 saturated carbocycles.